The fourth-order valence-corrected chi connectivity index (χ4v) is 5.97. The molecular formula is C27H39N5O4S. The number of hydrogen-bond acceptors (Lipinski definition) is 8. The van der Waals surface area contributed by atoms with Crippen molar-refractivity contribution in [2.75, 3.05) is 36.4 Å². The van der Waals surface area contributed by atoms with Gasteiger partial charge in [-0.3, -0.25) is 5.32 Å². The monoisotopic (exact) mass is 529 g/mol. The third-order valence-electron chi connectivity index (χ3n) is 6.57. The Morgan fingerprint density at radius 2 is 1.70 bits per heavy atom. The van der Waals surface area contributed by atoms with Crippen molar-refractivity contribution in [3.63, 3.8) is 0 Å². The molecule has 1 saturated carbocycles. The van der Waals surface area contributed by atoms with E-state index >= 15 is 0 Å². The highest BCUT2D eigenvalue weighted by molar-refractivity contribution is 7.15. The highest BCUT2D eigenvalue weighted by Gasteiger charge is 2.27. The largest absolute Gasteiger partial charge is 0.447 e. The van der Waals surface area contributed by atoms with Crippen LogP contribution in [0.5, 0.6) is 0 Å². The summed E-state index contributed by atoms with van der Waals surface area (Å²) in [5, 5.41) is 10.4. The summed E-state index contributed by atoms with van der Waals surface area (Å²) in [4.78, 5) is 32.4. The van der Waals surface area contributed by atoms with Gasteiger partial charge in [0.25, 0.3) is 0 Å². The van der Waals surface area contributed by atoms with E-state index in [0.717, 1.165) is 78.7 Å². The third-order valence-corrected chi connectivity index (χ3v) is 7.77. The predicted octanol–water partition coefficient (Wildman–Crippen LogP) is 5.34. The number of piperazine rings is 1. The summed E-state index contributed by atoms with van der Waals surface area (Å²) in [5.74, 6) is 0.396. The summed E-state index contributed by atoms with van der Waals surface area (Å²) in [6.45, 7) is 11.0. The zero-order valence-corrected chi connectivity index (χ0v) is 23.0. The molecule has 0 unspecified atom stereocenters. The second-order valence-electron chi connectivity index (χ2n) is 10.3. The van der Waals surface area contributed by atoms with Crippen molar-refractivity contribution in [1.29, 1.82) is 0 Å². The maximum Gasteiger partial charge on any atom is 0.411 e. The minimum Gasteiger partial charge on any atom is -0.447 e. The molecule has 1 aromatic carbocycles. The molecule has 2 aromatic rings. The molecule has 2 heterocycles. The highest BCUT2D eigenvalue weighted by atomic mass is 32.1. The second kappa shape index (κ2) is 12.6. The van der Waals surface area contributed by atoms with Crippen LogP contribution in [-0.2, 0) is 9.47 Å². The summed E-state index contributed by atoms with van der Waals surface area (Å²) in [7, 11) is 0. The van der Waals surface area contributed by atoms with E-state index < -0.39 is 6.09 Å². The number of nitrogens with zero attached hydrogens (tertiary/aromatic N) is 2. The predicted molar refractivity (Wildman–Crippen MR) is 148 cm³/mol. The van der Waals surface area contributed by atoms with Gasteiger partial charge in [0.2, 0.25) is 0 Å². The molecule has 4 rings (SSSR count). The van der Waals surface area contributed by atoms with Gasteiger partial charge in [-0.15, -0.1) is 11.3 Å². The number of hydrogen-bond donors (Lipinski definition) is 3. The Hall–Kier alpha value is -2.85. The first kappa shape index (κ1) is 27.2. The molecule has 10 heteroatoms. The van der Waals surface area contributed by atoms with E-state index in [-0.39, 0.29) is 24.3 Å². The summed E-state index contributed by atoms with van der Waals surface area (Å²) in [6, 6.07) is 6.19. The van der Waals surface area contributed by atoms with E-state index in [9.17, 15) is 9.59 Å². The number of carbonyl (C=O) groups is 2. The van der Waals surface area contributed by atoms with E-state index in [1.54, 1.807) is 11.3 Å². The Bertz CT molecular complexity index is 1060. The summed E-state index contributed by atoms with van der Waals surface area (Å²) in [6.07, 6.45) is 4.73. The van der Waals surface area contributed by atoms with E-state index in [1.165, 1.54) is 0 Å². The first-order valence-corrected chi connectivity index (χ1v) is 14.1. The van der Waals surface area contributed by atoms with Crippen molar-refractivity contribution in [3.8, 4) is 10.4 Å². The van der Waals surface area contributed by atoms with Gasteiger partial charge in [0.05, 0.1) is 22.1 Å². The fourth-order valence-electron chi connectivity index (χ4n) is 4.85. The fraction of sp³-hybridized carbons (Fsp3) is 0.593. The van der Waals surface area contributed by atoms with Crippen LogP contribution in [0.1, 0.15) is 64.3 Å². The van der Waals surface area contributed by atoms with Gasteiger partial charge < -0.3 is 25.0 Å². The van der Waals surface area contributed by atoms with Gasteiger partial charge in [-0.2, -0.15) is 0 Å². The van der Waals surface area contributed by atoms with Gasteiger partial charge in [0.15, 0.2) is 0 Å². The third kappa shape index (κ3) is 7.58. The molecule has 2 aliphatic rings. The first-order valence-electron chi connectivity index (χ1n) is 13.3. The van der Waals surface area contributed by atoms with E-state index in [4.69, 9.17) is 14.5 Å². The molecule has 1 aliphatic heterocycles. The van der Waals surface area contributed by atoms with Crippen molar-refractivity contribution in [3.05, 3.63) is 29.4 Å². The molecule has 1 aromatic heterocycles. The van der Waals surface area contributed by atoms with Crippen LogP contribution in [0, 0.1) is 0 Å². The maximum atomic E-state index is 12.2. The molecule has 0 atom stereocenters. The first-order chi connectivity index (χ1) is 17.8. The molecule has 37 heavy (non-hydrogen) atoms. The standard InChI is InChI=1S/C27H39N5O4S/c1-17(2)35-26(33)30-20-7-5-19(6-8-20)25-29-16-24(37-25)22-10-9-21(31-27(34)36-18(3)4)15-23(22)32-13-11-28-12-14-32/h9-10,15-20,28H,5-8,11-14H2,1-4H3,(H,30,33)(H,31,34)/t19-,20-. The zero-order valence-electron chi connectivity index (χ0n) is 22.2. The lowest BCUT2D eigenvalue weighted by molar-refractivity contribution is 0.109. The van der Waals surface area contributed by atoms with E-state index in [1.807, 2.05) is 46.0 Å². The lowest BCUT2D eigenvalue weighted by Gasteiger charge is -2.31. The van der Waals surface area contributed by atoms with Crippen LogP contribution < -0.4 is 20.9 Å². The van der Waals surface area contributed by atoms with Gasteiger partial charge in [0, 0.05) is 61.3 Å². The molecule has 0 radical (unpaired) electrons. The van der Waals surface area contributed by atoms with Crippen LogP contribution in [-0.4, -0.2) is 61.6 Å². The molecule has 202 valence electrons. The van der Waals surface area contributed by atoms with Gasteiger partial charge in [-0.1, -0.05) is 0 Å². The highest BCUT2D eigenvalue weighted by Crippen LogP contribution is 2.41. The second-order valence-corrected chi connectivity index (χ2v) is 11.3. The SMILES string of the molecule is CC(C)OC(=O)Nc1ccc(-c2cnc([C@H]3CC[C@H](NC(=O)OC(C)C)CC3)s2)c(N2CCNCC2)c1. The van der Waals surface area contributed by atoms with Gasteiger partial charge >= 0.3 is 12.2 Å². The summed E-state index contributed by atoms with van der Waals surface area (Å²) < 4.78 is 10.5. The molecule has 1 saturated heterocycles. The molecule has 2 amide bonds. The van der Waals surface area contributed by atoms with E-state index in [0.29, 0.717) is 5.92 Å². The summed E-state index contributed by atoms with van der Waals surface area (Å²) in [5.41, 5.74) is 2.94. The minimum atomic E-state index is -0.448. The summed E-state index contributed by atoms with van der Waals surface area (Å²) >= 11 is 1.74. The number of anilines is 2. The number of thiazole rings is 1. The van der Waals surface area contributed by atoms with Crippen LogP contribution in [0.2, 0.25) is 0 Å². The number of aromatic nitrogens is 1. The number of rotatable bonds is 7. The average Bonchev–Trinajstić information content (AvgIpc) is 3.34. The Labute approximate surface area is 223 Å². The molecule has 0 bridgehead atoms. The van der Waals surface area contributed by atoms with Crippen LogP contribution in [0.25, 0.3) is 10.4 Å². The van der Waals surface area contributed by atoms with Crippen molar-refractivity contribution in [2.45, 2.75) is 77.5 Å². The van der Waals surface area contributed by atoms with E-state index in [2.05, 4.69) is 26.9 Å². The quantitative estimate of drug-likeness (QED) is 0.445. The number of amides is 2. The lowest BCUT2D eigenvalue weighted by atomic mass is 9.86. The van der Waals surface area contributed by atoms with Crippen molar-refractivity contribution in [2.24, 2.45) is 0 Å². The average molecular weight is 530 g/mol. The molecule has 1 aliphatic carbocycles. The normalized spacial score (nSPS) is 20.1. The molecule has 9 nitrogen and oxygen atoms in total. The number of ether oxygens (including phenoxy) is 2. The zero-order chi connectivity index (χ0) is 26.4. The molecule has 3 N–H and O–H groups in total. The van der Waals surface area contributed by atoms with Gasteiger partial charge in [0.1, 0.15) is 0 Å². The van der Waals surface area contributed by atoms with Gasteiger partial charge in [-0.25, -0.2) is 14.6 Å². The Kier molecular flexibility index (Phi) is 9.26. The number of nitrogens with one attached hydrogen (secondary N) is 3. The smallest absolute Gasteiger partial charge is 0.411 e. The van der Waals surface area contributed by atoms with Crippen LogP contribution in [0.4, 0.5) is 21.0 Å². The number of alkyl carbamates (subject to hydrolysis) is 1. The van der Waals surface area contributed by atoms with Crippen molar-refractivity contribution in [1.82, 2.24) is 15.6 Å². The Balaban J connectivity index is 1.46. The Morgan fingerprint density at radius 1 is 1.03 bits per heavy atom. The molecular weight excluding hydrogens is 490 g/mol. The number of carbonyl (C=O) groups excluding carboxylic acids is 2. The van der Waals surface area contributed by atoms with Crippen LogP contribution in [0.15, 0.2) is 24.4 Å². The number of benzene rings is 1. The van der Waals surface area contributed by atoms with Crippen LogP contribution in [0.3, 0.4) is 0 Å². The lowest BCUT2D eigenvalue weighted by Crippen LogP contribution is -2.43. The van der Waals surface area contributed by atoms with Crippen molar-refractivity contribution >= 4 is 34.9 Å². The molecule has 2 fully saturated rings. The molecule has 0 spiro atoms. The van der Waals surface area contributed by atoms with Crippen molar-refractivity contribution < 1.29 is 19.1 Å². The maximum absolute atomic E-state index is 12.2. The van der Waals surface area contributed by atoms with Gasteiger partial charge in [-0.05, 0) is 71.6 Å². The minimum absolute atomic E-state index is 0.116. The van der Waals surface area contributed by atoms with Crippen LogP contribution >= 0.6 is 11.3 Å². The topological polar surface area (TPSA) is 105 Å². The Morgan fingerprint density at radius 3 is 2.38 bits per heavy atom.